The van der Waals surface area contributed by atoms with Crippen LogP contribution in [-0.4, -0.2) is 17.7 Å². The van der Waals surface area contributed by atoms with Crippen molar-refractivity contribution in [3.63, 3.8) is 0 Å². The van der Waals surface area contributed by atoms with Crippen LogP contribution in [0.2, 0.25) is 0 Å². The minimum Gasteiger partial charge on any atom is -0.384 e. The van der Waals surface area contributed by atoms with E-state index in [1.807, 2.05) is 31.2 Å². The molecule has 2 nitrogen and oxygen atoms in total. The van der Waals surface area contributed by atoms with Gasteiger partial charge < -0.3 is 10.4 Å². The molecule has 1 aromatic carbocycles. The molecule has 1 saturated heterocycles. The van der Waals surface area contributed by atoms with Crippen molar-refractivity contribution in [2.24, 2.45) is 0 Å². The highest BCUT2D eigenvalue weighted by molar-refractivity contribution is 9.10. The van der Waals surface area contributed by atoms with Crippen LogP contribution in [0.1, 0.15) is 38.2 Å². The standard InChI is InChI=1S/C14H20BrNO/c1-14(17,11-6-5-7-12(15)10-11)13-8-3-2-4-9-16-13/h5-7,10,13,16-17H,2-4,8-9H2,1H3. The van der Waals surface area contributed by atoms with E-state index in [4.69, 9.17) is 0 Å². The zero-order valence-corrected chi connectivity index (χ0v) is 11.8. The molecule has 2 rings (SSSR count). The molecule has 1 aliphatic heterocycles. The summed E-state index contributed by atoms with van der Waals surface area (Å²) in [5.41, 5.74) is 0.181. The third-order valence-corrected chi connectivity index (χ3v) is 4.14. The molecular formula is C14H20BrNO. The van der Waals surface area contributed by atoms with Crippen molar-refractivity contribution in [3.05, 3.63) is 34.3 Å². The van der Waals surface area contributed by atoms with E-state index < -0.39 is 5.60 Å². The number of nitrogens with one attached hydrogen (secondary N) is 1. The monoisotopic (exact) mass is 297 g/mol. The first-order chi connectivity index (χ1) is 8.10. The smallest absolute Gasteiger partial charge is 0.102 e. The molecule has 1 heterocycles. The zero-order chi connectivity index (χ0) is 12.3. The number of halogens is 1. The van der Waals surface area contributed by atoms with Crippen LogP contribution in [0.5, 0.6) is 0 Å². The molecule has 3 heteroatoms. The van der Waals surface area contributed by atoms with Gasteiger partial charge in [0, 0.05) is 10.5 Å². The number of benzene rings is 1. The van der Waals surface area contributed by atoms with Crippen LogP contribution in [0, 0.1) is 0 Å². The molecule has 0 amide bonds. The summed E-state index contributed by atoms with van der Waals surface area (Å²) in [5, 5.41) is 14.3. The van der Waals surface area contributed by atoms with Crippen LogP contribution >= 0.6 is 15.9 Å². The van der Waals surface area contributed by atoms with Crippen LogP contribution in [-0.2, 0) is 5.60 Å². The van der Waals surface area contributed by atoms with E-state index in [1.165, 1.54) is 19.3 Å². The molecule has 17 heavy (non-hydrogen) atoms. The third-order valence-electron chi connectivity index (χ3n) is 3.65. The summed E-state index contributed by atoms with van der Waals surface area (Å²) in [5.74, 6) is 0. The van der Waals surface area contributed by atoms with Crippen LogP contribution in [0.3, 0.4) is 0 Å². The largest absolute Gasteiger partial charge is 0.384 e. The quantitative estimate of drug-likeness (QED) is 0.879. The first-order valence-corrected chi connectivity index (χ1v) is 7.12. The molecule has 0 radical (unpaired) electrons. The molecule has 0 aromatic heterocycles. The molecule has 0 spiro atoms. The lowest BCUT2D eigenvalue weighted by atomic mass is 9.86. The van der Waals surface area contributed by atoms with Crippen LogP contribution in [0.15, 0.2) is 28.7 Å². The van der Waals surface area contributed by atoms with Crippen molar-refractivity contribution < 1.29 is 5.11 Å². The van der Waals surface area contributed by atoms with Crippen molar-refractivity contribution in [1.29, 1.82) is 0 Å². The predicted molar refractivity (Wildman–Crippen MR) is 74.0 cm³/mol. The fourth-order valence-corrected chi connectivity index (χ4v) is 2.91. The summed E-state index contributed by atoms with van der Waals surface area (Å²) in [6.45, 7) is 2.92. The molecule has 1 aliphatic rings. The number of aliphatic hydroxyl groups is 1. The van der Waals surface area contributed by atoms with Gasteiger partial charge in [-0.2, -0.15) is 0 Å². The molecule has 0 bridgehead atoms. The Morgan fingerprint density at radius 1 is 1.35 bits per heavy atom. The maximum absolute atomic E-state index is 10.8. The SMILES string of the molecule is CC(O)(c1cccc(Br)c1)C1CCCCCN1. The summed E-state index contributed by atoms with van der Waals surface area (Å²) in [7, 11) is 0. The van der Waals surface area contributed by atoms with Gasteiger partial charge >= 0.3 is 0 Å². The Kier molecular flexibility index (Phi) is 4.23. The molecular weight excluding hydrogens is 278 g/mol. The van der Waals surface area contributed by atoms with Crippen LogP contribution in [0.25, 0.3) is 0 Å². The van der Waals surface area contributed by atoms with Crippen LogP contribution in [0.4, 0.5) is 0 Å². The van der Waals surface area contributed by atoms with Crippen molar-refractivity contribution in [2.75, 3.05) is 6.54 Å². The minimum absolute atomic E-state index is 0.152. The van der Waals surface area contributed by atoms with Gasteiger partial charge in [0.25, 0.3) is 0 Å². The molecule has 2 atom stereocenters. The number of rotatable bonds is 2. The summed E-state index contributed by atoms with van der Waals surface area (Å²) in [4.78, 5) is 0. The van der Waals surface area contributed by atoms with Crippen molar-refractivity contribution >= 4 is 15.9 Å². The van der Waals surface area contributed by atoms with Gasteiger partial charge in [-0.05, 0) is 44.0 Å². The lowest BCUT2D eigenvalue weighted by Crippen LogP contribution is -2.46. The first-order valence-electron chi connectivity index (χ1n) is 6.32. The van der Waals surface area contributed by atoms with Gasteiger partial charge in [-0.3, -0.25) is 0 Å². The van der Waals surface area contributed by atoms with Gasteiger partial charge in [0.2, 0.25) is 0 Å². The number of hydrogen-bond acceptors (Lipinski definition) is 2. The average Bonchev–Trinajstić information content (AvgIpc) is 2.58. The van der Waals surface area contributed by atoms with E-state index in [9.17, 15) is 5.11 Å². The maximum atomic E-state index is 10.8. The van der Waals surface area contributed by atoms with Gasteiger partial charge in [-0.25, -0.2) is 0 Å². The van der Waals surface area contributed by atoms with Gasteiger partial charge in [-0.1, -0.05) is 40.9 Å². The summed E-state index contributed by atoms with van der Waals surface area (Å²) < 4.78 is 1.02. The Balaban J connectivity index is 2.21. The fraction of sp³-hybridized carbons (Fsp3) is 0.571. The summed E-state index contributed by atoms with van der Waals surface area (Å²) in [6, 6.07) is 8.12. The minimum atomic E-state index is -0.797. The van der Waals surface area contributed by atoms with Gasteiger partial charge in [-0.15, -0.1) is 0 Å². The van der Waals surface area contributed by atoms with Crippen molar-refractivity contribution in [3.8, 4) is 0 Å². The van der Waals surface area contributed by atoms with Gasteiger partial charge in [0.15, 0.2) is 0 Å². The first kappa shape index (κ1) is 13.1. The zero-order valence-electron chi connectivity index (χ0n) is 10.2. The molecule has 94 valence electrons. The molecule has 0 aliphatic carbocycles. The van der Waals surface area contributed by atoms with E-state index in [1.54, 1.807) is 0 Å². The highest BCUT2D eigenvalue weighted by Crippen LogP contribution is 2.30. The van der Waals surface area contributed by atoms with E-state index in [0.29, 0.717) is 0 Å². The van der Waals surface area contributed by atoms with Gasteiger partial charge in [0.1, 0.15) is 5.60 Å². The predicted octanol–water partition coefficient (Wildman–Crippen LogP) is 3.19. The van der Waals surface area contributed by atoms with E-state index in [-0.39, 0.29) is 6.04 Å². The van der Waals surface area contributed by atoms with E-state index >= 15 is 0 Å². The summed E-state index contributed by atoms with van der Waals surface area (Å²) in [6.07, 6.45) is 4.71. The van der Waals surface area contributed by atoms with E-state index in [0.717, 1.165) is 23.0 Å². The lowest BCUT2D eigenvalue weighted by molar-refractivity contribution is 0.0135. The topological polar surface area (TPSA) is 32.3 Å². The second kappa shape index (κ2) is 5.51. The normalized spacial score (nSPS) is 25.0. The third kappa shape index (κ3) is 3.09. The van der Waals surface area contributed by atoms with Crippen molar-refractivity contribution in [1.82, 2.24) is 5.32 Å². The second-order valence-electron chi connectivity index (χ2n) is 5.01. The van der Waals surface area contributed by atoms with Crippen molar-refractivity contribution in [2.45, 2.75) is 44.2 Å². The van der Waals surface area contributed by atoms with Crippen LogP contribution < -0.4 is 5.32 Å². The highest BCUT2D eigenvalue weighted by atomic mass is 79.9. The average molecular weight is 298 g/mol. The fourth-order valence-electron chi connectivity index (χ4n) is 2.51. The molecule has 1 aromatic rings. The Morgan fingerprint density at radius 2 is 2.18 bits per heavy atom. The second-order valence-corrected chi connectivity index (χ2v) is 5.93. The summed E-state index contributed by atoms with van der Waals surface area (Å²) >= 11 is 3.46. The molecule has 2 unspecified atom stereocenters. The molecule has 0 saturated carbocycles. The molecule has 2 N–H and O–H groups in total. The van der Waals surface area contributed by atoms with E-state index in [2.05, 4.69) is 21.2 Å². The maximum Gasteiger partial charge on any atom is 0.102 e. The van der Waals surface area contributed by atoms with Gasteiger partial charge in [0.05, 0.1) is 0 Å². The lowest BCUT2D eigenvalue weighted by Gasteiger charge is -2.33. The Hall–Kier alpha value is -0.380. The molecule has 1 fully saturated rings. The Morgan fingerprint density at radius 3 is 2.94 bits per heavy atom. The highest BCUT2D eigenvalue weighted by Gasteiger charge is 2.33. The Bertz CT molecular complexity index is 370. The number of hydrogen-bond donors (Lipinski definition) is 2. The Labute approximate surface area is 112 Å².